The Kier molecular flexibility index (Phi) is 3.31. The van der Waals surface area contributed by atoms with Crippen molar-refractivity contribution in [3.8, 4) is 0 Å². The Hall–Kier alpha value is -2.82. The van der Waals surface area contributed by atoms with Gasteiger partial charge in [-0.25, -0.2) is 14.2 Å². The molecule has 1 aromatic heterocycles. The zero-order chi connectivity index (χ0) is 14.8. The van der Waals surface area contributed by atoms with Crippen molar-refractivity contribution in [2.75, 3.05) is 0 Å². The van der Waals surface area contributed by atoms with Crippen molar-refractivity contribution in [3.05, 3.63) is 70.9 Å². The molecule has 2 heterocycles. The second kappa shape index (κ2) is 5.28. The van der Waals surface area contributed by atoms with E-state index in [9.17, 15) is 9.18 Å². The van der Waals surface area contributed by atoms with E-state index >= 15 is 0 Å². The minimum atomic E-state index is -0.532. The van der Waals surface area contributed by atoms with E-state index in [2.05, 4.69) is 9.98 Å². The largest absolute Gasteiger partial charge is 0.402 e. The first-order valence-electron chi connectivity index (χ1n) is 6.32. The third-order valence-electron chi connectivity index (χ3n) is 2.92. The highest BCUT2D eigenvalue weighted by Crippen LogP contribution is 2.19. The zero-order valence-corrected chi connectivity index (χ0v) is 11.2. The molecule has 0 fully saturated rings. The average Bonchev–Trinajstić information content (AvgIpc) is 2.83. The highest BCUT2D eigenvalue weighted by molar-refractivity contribution is 6.12. The van der Waals surface area contributed by atoms with Gasteiger partial charge in [0.25, 0.3) is 0 Å². The molecule has 0 amide bonds. The van der Waals surface area contributed by atoms with E-state index in [1.165, 1.54) is 12.1 Å². The number of rotatable bonds is 2. The van der Waals surface area contributed by atoms with Crippen LogP contribution in [0.25, 0.3) is 6.08 Å². The summed E-state index contributed by atoms with van der Waals surface area (Å²) in [5.41, 5.74) is 2.45. The summed E-state index contributed by atoms with van der Waals surface area (Å²) in [6.45, 7) is 1.89. The Bertz CT molecular complexity index is 764. The van der Waals surface area contributed by atoms with Gasteiger partial charge in [-0.15, -0.1) is 0 Å². The van der Waals surface area contributed by atoms with E-state index in [0.29, 0.717) is 11.1 Å². The van der Waals surface area contributed by atoms with E-state index < -0.39 is 5.97 Å². The summed E-state index contributed by atoms with van der Waals surface area (Å²) in [7, 11) is 0. The van der Waals surface area contributed by atoms with Crippen molar-refractivity contribution in [3.63, 3.8) is 0 Å². The van der Waals surface area contributed by atoms with Gasteiger partial charge in [-0.1, -0.05) is 12.1 Å². The first-order valence-corrected chi connectivity index (χ1v) is 6.32. The van der Waals surface area contributed by atoms with Crippen molar-refractivity contribution < 1.29 is 13.9 Å². The number of pyridine rings is 1. The monoisotopic (exact) mass is 282 g/mol. The fraction of sp³-hybridized carbons (Fsp3) is 0.0625. The van der Waals surface area contributed by atoms with Crippen molar-refractivity contribution in [1.82, 2.24) is 4.98 Å². The molecule has 0 spiro atoms. The first-order chi connectivity index (χ1) is 10.1. The number of cyclic esters (lactones) is 1. The number of esters is 1. The van der Waals surface area contributed by atoms with Crippen LogP contribution in [0.2, 0.25) is 0 Å². The van der Waals surface area contributed by atoms with Crippen LogP contribution >= 0.6 is 0 Å². The quantitative estimate of drug-likeness (QED) is 0.628. The van der Waals surface area contributed by atoms with Gasteiger partial charge in [0.05, 0.1) is 5.56 Å². The van der Waals surface area contributed by atoms with Crippen LogP contribution in [0, 0.1) is 12.7 Å². The summed E-state index contributed by atoms with van der Waals surface area (Å²) in [5, 5.41) is 0. The molecule has 0 aliphatic carbocycles. The molecule has 1 aromatic carbocycles. The molecule has 0 unspecified atom stereocenters. The van der Waals surface area contributed by atoms with Crippen molar-refractivity contribution in [1.29, 1.82) is 0 Å². The molecular weight excluding hydrogens is 271 g/mol. The number of carbonyl (C=O) groups excluding carboxylic acids is 1. The molecule has 104 valence electrons. The number of nitrogens with zero attached hydrogens (tertiary/aromatic N) is 2. The van der Waals surface area contributed by atoms with E-state index in [-0.39, 0.29) is 17.4 Å². The van der Waals surface area contributed by atoms with Crippen LogP contribution in [0.1, 0.15) is 16.7 Å². The zero-order valence-electron chi connectivity index (χ0n) is 11.2. The maximum Gasteiger partial charge on any atom is 0.363 e. The van der Waals surface area contributed by atoms with E-state index in [1.807, 2.05) is 13.0 Å². The van der Waals surface area contributed by atoms with Gasteiger partial charge < -0.3 is 4.74 Å². The summed E-state index contributed by atoms with van der Waals surface area (Å²) in [6.07, 6.45) is 4.84. The predicted octanol–water partition coefficient (Wildman–Crippen LogP) is 2.87. The van der Waals surface area contributed by atoms with Gasteiger partial charge in [-0.2, -0.15) is 0 Å². The lowest BCUT2D eigenvalue weighted by atomic mass is 10.2. The second-order valence-corrected chi connectivity index (χ2v) is 4.64. The van der Waals surface area contributed by atoms with E-state index in [0.717, 1.165) is 5.56 Å². The lowest BCUT2D eigenvalue weighted by Crippen LogP contribution is -2.05. The van der Waals surface area contributed by atoms with Crippen LogP contribution in [0.4, 0.5) is 4.39 Å². The number of hydrogen-bond donors (Lipinski definition) is 0. The molecule has 1 aliphatic rings. The van der Waals surface area contributed by atoms with Gasteiger partial charge in [0.1, 0.15) is 5.82 Å². The Labute approximate surface area is 120 Å². The third kappa shape index (κ3) is 2.86. The van der Waals surface area contributed by atoms with Crippen molar-refractivity contribution in [2.45, 2.75) is 6.92 Å². The molecule has 0 bridgehead atoms. The van der Waals surface area contributed by atoms with E-state index in [4.69, 9.17) is 4.74 Å². The first kappa shape index (κ1) is 13.2. The maximum atomic E-state index is 12.9. The fourth-order valence-corrected chi connectivity index (χ4v) is 1.92. The van der Waals surface area contributed by atoms with Crippen LogP contribution in [0.5, 0.6) is 0 Å². The number of hydrogen-bond acceptors (Lipinski definition) is 4. The minimum absolute atomic E-state index is 0.179. The lowest BCUT2D eigenvalue weighted by molar-refractivity contribution is -0.129. The molecule has 0 saturated heterocycles. The van der Waals surface area contributed by atoms with Crippen LogP contribution in [-0.4, -0.2) is 16.9 Å². The van der Waals surface area contributed by atoms with Gasteiger partial charge in [-0.05, 0) is 42.3 Å². The van der Waals surface area contributed by atoms with Crippen LogP contribution < -0.4 is 0 Å². The number of benzene rings is 1. The molecule has 2 aromatic rings. The van der Waals surface area contributed by atoms with Gasteiger partial charge in [-0.3, -0.25) is 4.98 Å². The summed E-state index contributed by atoms with van der Waals surface area (Å²) in [4.78, 5) is 20.0. The second-order valence-electron chi connectivity index (χ2n) is 4.64. The molecule has 0 saturated carbocycles. The number of aliphatic imine (C=N–C) groups is 1. The summed E-state index contributed by atoms with van der Waals surface area (Å²) < 4.78 is 18.0. The average molecular weight is 282 g/mol. The highest BCUT2D eigenvalue weighted by Gasteiger charge is 2.24. The molecule has 3 rings (SSSR count). The molecule has 5 heteroatoms. The van der Waals surface area contributed by atoms with Crippen LogP contribution in [0.3, 0.4) is 0 Å². The van der Waals surface area contributed by atoms with Crippen LogP contribution in [0.15, 0.2) is 53.4 Å². The highest BCUT2D eigenvalue weighted by atomic mass is 19.1. The molecule has 1 aliphatic heterocycles. The van der Waals surface area contributed by atoms with Crippen molar-refractivity contribution >= 4 is 17.9 Å². The Morgan fingerprint density at radius 3 is 2.67 bits per heavy atom. The maximum absolute atomic E-state index is 12.9. The smallest absolute Gasteiger partial charge is 0.363 e. The Morgan fingerprint density at radius 2 is 1.95 bits per heavy atom. The standard InChI is InChI=1S/C16H11FN2O2/c1-10-6-12(9-18-8-10)15-19-14(16(20)21-15)7-11-2-4-13(17)5-3-11/h2-9H,1H3/b14-7-. The summed E-state index contributed by atoms with van der Waals surface area (Å²) in [6, 6.07) is 7.61. The molecule has 0 atom stereocenters. The van der Waals surface area contributed by atoms with Crippen molar-refractivity contribution in [2.24, 2.45) is 4.99 Å². The van der Waals surface area contributed by atoms with Gasteiger partial charge >= 0.3 is 5.97 Å². The normalized spacial score (nSPS) is 16.0. The number of halogens is 1. The summed E-state index contributed by atoms with van der Waals surface area (Å²) in [5.74, 6) is -0.637. The number of ether oxygens (including phenoxy) is 1. The topological polar surface area (TPSA) is 51.5 Å². The third-order valence-corrected chi connectivity index (χ3v) is 2.92. The molecule has 0 N–H and O–H groups in total. The molecule has 0 radical (unpaired) electrons. The SMILES string of the molecule is Cc1cncc(C2=N/C(=C\c3ccc(F)cc3)C(=O)O2)c1. The number of aromatic nitrogens is 1. The Balaban J connectivity index is 1.93. The molecule has 4 nitrogen and oxygen atoms in total. The number of aryl methyl sites for hydroxylation is 1. The fourth-order valence-electron chi connectivity index (χ4n) is 1.92. The summed E-state index contributed by atoms with van der Waals surface area (Å²) >= 11 is 0. The minimum Gasteiger partial charge on any atom is -0.402 e. The van der Waals surface area contributed by atoms with E-state index in [1.54, 1.807) is 30.6 Å². The lowest BCUT2D eigenvalue weighted by Gasteiger charge is -1.99. The Morgan fingerprint density at radius 1 is 1.19 bits per heavy atom. The number of carbonyl (C=O) groups is 1. The van der Waals surface area contributed by atoms with Gasteiger partial charge in [0.15, 0.2) is 5.70 Å². The van der Waals surface area contributed by atoms with Gasteiger partial charge in [0.2, 0.25) is 5.90 Å². The molecule has 21 heavy (non-hydrogen) atoms. The predicted molar refractivity (Wildman–Crippen MR) is 76.0 cm³/mol. The van der Waals surface area contributed by atoms with Gasteiger partial charge in [0, 0.05) is 12.4 Å². The van der Waals surface area contributed by atoms with Crippen LogP contribution in [-0.2, 0) is 9.53 Å². The molecular formula is C16H11FN2O2.